The molecule has 2 aromatic rings. The minimum atomic E-state index is -0.964. The number of carbonyl (C=O) groups is 1. The molecule has 100 valence electrons. The highest BCUT2D eigenvalue weighted by Gasteiger charge is 2.17. The number of nitrogens with zero attached hydrogens (tertiary/aromatic N) is 1. The van der Waals surface area contributed by atoms with E-state index in [1.165, 1.54) is 6.07 Å². The molecule has 1 aromatic heterocycles. The summed E-state index contributed by atoms with van der Waals surface area (Å²) in [6.45, 7) is 1.97. The zero-order valence-corrected chi connectivity index (χ0v) is 12.5. The smallest absolute Gasteiger partial charge is 0.347 e. The van der Waals surface area contributed by atoms with E-state index in [1.807, 2.05) is 6.92 Å². The zero-order chi connectivity index (χ0) is 14.0. The van der Waals surface area contributed by atoms with E-state index >= 15 is 0 Å². The third kappa shape index (κ3) is 3.01. The molecule has 0 spiro atoms. The number of aryl methyl sites for hydroxylation is 1. The van der Waals surface area contributed by atoms with Crippen LogP contribution in [0.25, 0.3) is 10.6 Å². The second kappa shape index (κ2) is 5.79. The number of rotatable bonds is 4. The zero-order valence-electron chi connectivity index (χ0n) is 10.1. The van der Waals surface area contributed by atoms with E-state index in [0.717, 1.165) is 17.8 Å². The summed E-state index contributed by atoms with van der Waals surface area (Å²) in [5.41, 5.74) is 1.30. The molecule has 0 fully saturated rings. The number of aromatic nitrogens is 1. The maximum atomic E-state index is 13.2. The normalized spacial score (nSPS) is 10.7. The van der Waals surface area contributed by atoms with Gasteiger partial charge < -0.3 is 5.11 Å². The first-order chi connectivity index (χ1) is 9.02. The molecule has 0 aliphatic rings. The van der Waals surface area contributed by atoms with Crippen LogP contribution in [0.5, 0.6) is 0 Å². The molecule has 19 heavy (non-hydrogen) atoms. The van der Waals surface area contributed by atoms with Gasteiger partial charge in [0.2, 0.25) is 0 Å². The molecule has 0 atom stereocenters. The van der Waals surface area contributed by atoms with Gasteiger partial charge in [-0.15, -0.1) is 11.3 Å². The van der Waals surface area contributed by atoms with Crippen molar-refractivity contribution in [1.82, 2.24) is 4.98 Å². The van der Waals surface area contributed by atoms with Crippen LogP contribution in [0, 0.1) is 5.82 Å². The molecule has 0 unspecified atom stereocenters. The lowest BCUT2D eigenvalue weighted by Gasteiger charge is -1.98. The molecule has 0 aliphatic carbocycles. The summed E-state index contributed by atoms with van der Waals surface area (Å²) in [4.78, 5) is 15.8. The molecule has 0 saturated heterocycles. The number of carboxylic acids is 1. The molecule has 1 aromatic carbocycles. The largest absolute Gasteiger partial charge is 0.477 e. The van der Waals surface area contributed by atoms with E-state index < -0.39 is 5.97 Å². The summed E-state index contributed by atoms with van der Waals surface area (Å²) in [7, 11) is 0. The van der Waals surface area contributed by atoms with Gasteiger partial charge in [-0.2, -0.15) is 0 Å². The molecule has 0 radical (unpaired) electrons. The Balaban J connectivity index is 2.47. The van der Waals surface area contributed by atoms with Crippen LogP contribution >= 0.6 is 27.3 Å². The van der Waals surface area contributed by atoms with Crippen molar-refractivity contribution < 1.29 is 14.3 Å². The number of hydrogen-bond donors (Lipinski definition) is 1. The van der Waals surface area contributed by atoms with Gasteiger partial charge in [0.15, 0.2) is 0 Å². The van der Waals surface area contributed by atoms with Crippen LogP contribution in [0.1, 0.15) is 28.7 Å². The lowest BCUT2D eigenvalue weighted by molar-refractivity contribution is 0.0700. The van der Waals surface area contributed by atoms with Gasteiger partial charge in [0.05, 0.1) is 10.2 Å². The van der Waals surface area contributed by atoms with Gasteiger partial charge in [-0.25, -0.2) is 14.2 Å². The molecule has 0 saturated carbocycles. The summed E-state index contributed by atoms with van der Waals surface area (Å²) in [6, 6.07) is 4.54. The minimum absolute atomic E-state index is 0.261. The summed E-state index contributed by atoms with van der Waals surface area (Å²) < 4.78 is 13.5. The predicted octanol–water partition coefficient (Wildman–Crippen LogP) is 4.36. The van der Waals surface area contributed by atoms with E-state index in [9.17, 15) is 9.18 Å². The molecule has 0 aliphatic heterocycles. The van der Waals surface area contributed by atoms with Gasteiger partial charge in [-0.3, -0.25) is 0 Å². The van der Waals surface area contributed by atoms with Crippen molar-refractivity contribution in [1.29, 1.82) is 0 Å². The monoisotopic (exact) mass is 343 g/mol. The summed E-state index contributed by atoms with van der Waals surface area (Å²) in [6.07, 6.45) is 1.46. The van der Waals surface area contributed by atoms with Gasteiger partial charge in [-0.1, -0.05) is 13.3 Å². The van der Waals surface area contributed by atoms with Crippen LogP contribution in [-0.4, -0.2) is 16.1 Å². The van der Waals surface area contributed by atoms with Crippen molar-refractivity contribution in [2.24, 2.45) is 0 Å². The van der Waals surface area contributed by atoms with Gasteiger partial charge >= 0.3 is 5.97 Å². The van der Waals surface area contributed by atoms with Crippen molar-refractivity contribution in [3.8, 4) is 10.6 Å². The number of thiazole rings is 1. The van der Waals surface area contributed by atoms with E-state index in [-0.39, 0.29) is 10.7 Å². The van der Waals surface area contributed by atoms with E-state index in [1.54, 1.807) is 12.1 Å². The molecular formula is C13H11BrFNO2S. The lowest BCUT2D eigenvalue weighted by atomic mass is 10.2. The van der Waals surface area contributed by atoms with E-state index in [4.69, 9.17) is 5.11 Å². The molecular weight excluding hydrogens is 333 g/mol. The van der Waals surface area contributed by atoms with Gasteiger partial charge in [0.25, 0.3) is 0 Å². The van der Waals surface area contributed by atoms with Crippen LogP contribution in [0.3, 0.4) is 0 Å². The van der Waals surface area contributed by atoms with Crippen LogP contribution in [0.2, 0.25) is 0 Å². The van der Waals surface area contributed by atoms with Gasteiger partial charge in [0.1, 0.15) is 15.7 Å². The molecule has 0 amide bonds. The highest BCUT2D eigenvalue weighted by atomic mass is 79.9. The Bertz CT molecular complexity index is 627. The third-order valence-electron chi connectivity index (χ3n) is 2.54. The number of hydrogen-bond acceptors (Lipinski definition) is 3. The fourth-order valence-corrected chi connectivity index (χ4v) is 3.00. The number of carboxylic acid groups (broad SMARTS) is 1. The Hall–Kier alpha value is -1.27. The molecule has 1 N–H and O–H groups in total. The quantitative estimate of drug-likeness (QED) is 0.896. The molecule has 3 nitrogen and oxygen atoms in total. The lowest BCUT2D eigenvalue weighted by Crippen LogP contribution is -1.98. The van der Waals surface area contributed by atoms with E-state index in [0.29, 0.717) is 27.2 Å². The molecule has 2 rings (SSSR count). The van der Waals surface area contributed by atoms with Gasteiger partial charge in [-0.05, 0) is 40.5 Å². The van der Waals surface area contributed by atoms with Crippen molar-refractivity contribution in [3.05, 3.63) is 39.1 Å². The molecule has 0 bridgehead atoms. The second-order valence-corrected chi connectivity index (χ2v) is 5.83. The maximum absolute atomic E-state index is 13.2. The second-order valence-electron chi connectivity index (χ2n) is 3.98. The first kappa shape index (κ1) is 14.1. The average Bonchev–Trinajstić information content (AvgIpc) is 2.77. The van der Waals surface area contributed by atoms with Crippen LogP contribution in [0.15, 0.2) is 22.7 Å². The minimum Gasteiger partial charge on any atom is -0.477 e. The molecule has 6 heteroatoms. The Morgan fingerprint density at radius 2 is 2.26 bits per heavy atom. The van der Waals surface area contributed by atoms with Crippen LogP contribution in [-0.2, 0) is 6.42 Å². The van der Waals surface area contributed by atoms with Crippen LogP contribution < -0.4 is 0 Å². The summed E-state index contributed by atoms with van der Waals surface area (Å²) >= 11 is 4.24. The fraction of sp³-hybridized carbons (Fsp3) is 0.231. The fourth-order valence-electron chi connectivity index (χ4n) is 1.68. The SMILES string of the molecule is CCCc1nc(-c2ccc(F)c(Br)c2)sc1C(=O)O. The Kier molecular flexibility index (Phi) is 4.31. The summed E-state index contributed by atoms with van der Waals surface area (Å²) in [5.74, 6) is -1.32. The maximum Gasteiger partial charge on any atom is 0.347 e. The van der Waals surface area contributed by atoms with Crippen LogP contribution in [0.4, 0.5) is 4.39 Å². The predicted molar refractivity (Wildman–Crippen MR) is 76.2 cm³/mol. The Morgan fingerprint density at radius 1 is 1.53 bits per heavy atom. The van der Waals surface area contributed by atoms with E-state index in [2.05, 4.69) is 20.9 Å². The van der Waals surface area contributed by atoms with Gasteiger partial charge in [0, 0.05) is 5.56 Å². The topological polar surface area (TPSA) is 50.2 Å². The summed E-state index contributed by atoms with van der Waals surface area (Å²) in [5, 5.41) is 9.75. The molecule has 1 heterocycles. The highest BCUT2D eigenvalue weighted by Crippen LogP contribution is 2.31. The van der Waals surface area contributed by atoms with Crippen molar-refractivity contribution in [3.63, 3.8) is 0 Å². The average molecular weight is 344 g/mol. The first-order valence-electron chi connectivity index (χ1n) is 5.71. The standard InChI is InChI=1S/C13H11BrFNO2S/c1-2-3-10-11(13(17)18)19-12(16-10)7-4-5-9(15)8(14)6-7/h4-6H,2-3H2,1H3,(H,17,18). The Labute approximate surface area is 122 Å². The number of aromatic carboxylic acids is 1. The van der Waals surface area contributed by atoms with Crippen molar-refractivity contribution in [2.75, 3.05) is 0 Å². The third-order valence-corrected chi connectivity index (χ3v) is 4.29. The first-order valence-corrected chi connectivity index (χ1v) is 7.32. The number of benzene rings is 1. The van der Waals surface area contributed by atoms with Crippen molar-refractivity contribution >= 4 is 33.2 Å². The highest BCUT2D eigenvalue weighted by molar-refractivity contribution is 9.10. The Morgan fingerprint density at radius 3 is 2.84 bits per heavy atom. The number of halogens is 2. The van der Waals surface area contributed by atoms with Crippen molar-refractivity contribution in [2.45, 2.75) is 19.8 Å².